The van der Waals surface area contributed by atoms with Crippen LogP contribution < -0.4 is 0 Å². The average Bonchev–Trinajstić information content (AvgIpc) is 2.26. The number of nitrogens with zero attached hydrogens (tertiary/aromatic N) is 2. The van der Waals surface area contributed by atoms with E-state index in [1.165, 1.54) is 6.66 Å². The monoisotopic (exact) mass is 294 g/mol. The van der Waals surface area contributed by atoms with Gasteiger partial charge in [0.2, 0.25) is 7.37 Å². The first-order valence-corrected chi connectivity index (χ1v) is 8.79. The second-order valence-electron chi connectivity index (χ2n) is 5.25. The Labute approximate surface area is 115 Å². The molecule has 0 aliphatic carbocycles. The van der Waals surface area contributed by atoms with Crippen molar-refractivity contribution in [2.75, 3.05) is 13.2 Å². The summed E-state index contributed by atoms with van der Waals surface area (Å²) in [7, 11) is -3.33. The highest BCUT2D eigenvalue weighted by molar-refractivity contribution is 7.57. The van der Waals surface area contributed by atoms with Crippen molar-refractivity contribution in [2.24, 2.45) is 0 Å². The van der Waals surface area contributed by atoms with Crippen molar-refractivity contribution in [1.82, 2.24) is 9.96 Å². The van der Waals surface area contributed by atoms with Crippen LogP contribution in [0.4, 0.5) is 0 Å². The maximum Gasteiger partial charge on any atom is 0.262 e. The van der Waals surface area contributed by atoms with E-state index in [0.717, 1.165) is 0 Å². The van der Waals surface area contributed by atoms with Gasteiger partial charge in [0.1, 0.15) is 0 Å². The zero-order chi connectivity index (χ0) is 15.4. The van der Waals surface area contributed by atoms with E-state index in [0.29, 0.717) is 11.5 Å². The summed E-state index contributed by atoms with van der Waals surface area (Å²) < 4.78 is 11.8. The Kier molecular flexibility index (Phi) is 7.22. The Bertz CT molecular complexity index is 343. The van der Waals surface area contributed by atoms with Crippen LogP contribution in [0.25, 0.3) is 0 Å². The van der Waals surface area contributed by atoms with E-state index < -0.39 is 25.1 Å². The molecule has 0 aliphatic rings. The zero-order valence-electron chi connectivity index (χ0n) is 12.7. The maximum atomic E-state index is 12.1. The van der Waals surface area contributed by atoms with Gasteiger partial charge < -0.3 is 4.89 Å². The molecule has 1 amide bonds. The van der Waals surface area contributed by atoms with Crippen molar-refractivity contribution >= 4 is 13.3 Å². The third kappa shape index (κ3) is 5.22. The van der Waals surface area contributed by atoms with Crippen LogP contribution in [0.15, 0.2) is 0 Å². The Morgan fingerprint density at radius 3 is 2.05 bits per heavy atom. The van der Waals surface area contributed by atoms with Gasteiger partial charge in [-0.1, -0.05) is 6.92 Å². The van der Waals surface area contributed by atoms with Gasteiger partial charge in [-0.05, 0) is 34.1 Å². The Morgan fingerprint density at radius 1 is 1.26 bits per heavy atom. The lowest BCUT2D eigenvalue weighted by molar-refractivity contribution is -0.171. The standard InChI is InChI=1S/C12H27N2O4P/c1-7-8-13(16)12(15)10(4)14(9(2)3)11(5)19(6,17)18/h9-11,16H,7-8H2,1-6H3,(H,17,18). The molecular weight excluding hydrogens is 267 g/mol. The molecule has 0 saturated heterocycles. The maximum absolute atomic E-state index is 12.1. The number of amides is 1. The second kappa shape index (κ2) is 7.39. The highest BCUT2D eigenvalue weighted by atomic mass is 31.2. The first-order chi connectivity index (χ1) is 8.53. The molecule has 3 unspecified atom stereocenters. The number of hydrogen-bond donors (Lipinski definition) is 2. The molecule has 0 aromatic rings. The van der Waals surface area contributed by atoms with E-state index in [9.17, 15) is 19.5 Å². The molecule has 114 valence electrons. The van der Waals surface area contributed by atoms with Gasteiger partial charge in [-0.25, -0.2) is 5.06 Å². The van der Waals surface area contributed by atoms with Gasteiger partial charge in [0.15, 0.2) is 0 Å². The van der Waals surface area contributed by atoms with Gasteiger partial charge in [0.25, 0.3) is 5.91 Å². The molecular formula is C12H27N2O4P. The second-order valence-corrected chi connectivity index (χ2v) is 7.89. The van der Waals surface area contributed by atoms with Crippen LogP contribution in [0.3, 0.4) is 0 Å². The Hall–Kier alpha value is -0.420. The Morgan fingerprint density at radius 2 is 1.74 bits per heavy atom. The first kappa shape index (κ1) is 18.6. The van der Waals surface area contributed by atoms with Crippen LogP contribution in [0.1, 0.15) is 41.0 Å². The molecule has 2 N–H and O–H groups in total. The molecule has 0 aromatic carbocycles. The predicted molar refractivity (Wildman–Crippen MR) is 75.4 cm³/mol. The lowest BCUT2D eigenvalue weighted by Gasteiger charge is -2.38. The van der Waals surface area contributed by atoms with Gasteiger partial charge in [-0.3, -0.25) is 19.5 Å². The summed E-state index contributed by atoms with van der Waals surface area (Å²) in [5.74, 6) is -1.09. The first-order valence-electron chi connectivity index (χ1n) is 6.61. The lowest BCUT2D eigenvalue weighted by atomic mass is 10.2. The number of hydroxylamine groups is 2. The predicted octanol–water partition coefficient (Wildman–Crippen LogP) is 1.96. The smallest absolute Gasteiger partial charge is 0.262 e. The molecule has 0 aromatic heterocycles. The van der Waals surface area contributed by atoms with E-state index in [1.807, 2.05) is 20.8 Å². The fourth-order valence-corrected chi connectivity index (χ4v) is 3.08. The van der Waals surface area contributed by atoms with Crippen molar-refractivity contribution in [1.29, 1.82) is 0 Å². The van der Waals surface area contributed by atoms with Gasteiger partial charge in [-0.15, -0.1) is 0 Å². The van der Waals surface area contributed by atoms with Crippen LogP contribution in [0, 0.1) is 0 Å². The largest absolute Gasteiger partial charge is 0.343 e. The fourth-order valence-electron chi connectivity index (χ4n) is 2.11. The molecule has 0 aliphatic heterocycles. The minimum atomic E-state index is -3.33. The summed E-state index contributed by atoms with van der Waals surface area (Å²) in [6.45, 7) is 10.4. The molecule has 6 nitrogen and oxygen atoms in total. The van der Waals surface area contributed by atoms with Crippen LogP contribution in [0.5, 0.6) is 0 Å². The lowest BCUT2D eigenvalue weighted by Crippen LogP contribution is -2.52. The van der Waals surface area contributed by atoms with E-state index in [4.69, 9.17) is 0 Å². The van der Waals surface area contributed by atoms with Crippen molar-refractivity contribution < 1.29 is 19.5 Å². The molecule has 0 rings (SSSR count). The number of carbonyl (C=O) groups is 1. The number of carbonyl (C=O) groups excluding carboxylic acids is 1. The Balaban J connectivity index is 5.10. The fraction of sp³-hybridized carbons (Fsp3) is 0.917. The SMILES string of the molecule is CCCN(O)C(=O)C(C)N(C(C)C)C(C)P(C)(=O)O. The highest BCUT2D eigenvalue weighted by Crippen LogP contribution is 2.44. The zero-order valence-corrected chi connectivity index (χ0v) is 13.6. The molecule has 0 heterocycles. The third-order valence-electron chi connectivity index (χ3n) is 3.22. The quantitative estimate of drug-likeness (QED) is 0.426. The summed E-state index contributed by atoms with van der Waals surface area (Å²) >= 11 is 0. The molecule has 0 fully saturated rings. The minimum Gasteiger partial charge on any atom is -0.343 e. The van der Waals surface area contributed by atoms with Crippen LogP contribution in [0.2, 0.25) is 0 Å². The molecule has 0 spiro atoms. The summed E-state index contributed by atoms with van der Waals surface area (Å²) in [6, 6.07) is -0.726. The van der Waals surface area contributed by atoms with E-state index in [1.54, 1.807) is 18.7 Å². The topological polar surface area (TPSA) is 81.1 Å². The molecule has 3 atom stereocenters. The molecule has 0 radical (unpaired) electrons. The molecule has 0 saturated carbocycles. The van der Waals surface area contributed by atoms with Crippen LogP contribution >= 0.6 is 7.37 Å². The van der Waals surface area contributed by atoms with E-state index in [2.05, 4.69) is 0 Å². The van der Waals surface area contributed by atoms with Crippen molar-refractivity contribution in [3.8, 4) is 0 Å². The number of rotatable bonds is 7. The summed E-state index contributed by atoms with van der Waals surface area (Å²) in [5, 5.41) is 10.3. The third-order valence-corrected chi connectivity index (χ3v) is 4.87. The molecule has 0 bridgehead atoms. The van der Waals surface area contributed by atoms with Crippen molar-refractivity contribution in [3.05, 3.63) is 0 Å². The van der Waals surface area contributed by atoms with Gasteiger partial charge in [-0.2, -0.15) is 0 Å². The highest BCUT2D eigenvalue weighted by Gasteiger charge is 2.36. The van der Waals surface area contributed by atoms with Gasteiger partial charge in [0.05, 0.1) is 11.8 Å². The van der Waals surface area contributed by atoms with Crippen molar-refractivity contribution in [3.63, 3.8) is 0 Å². The molecule has 19 heavy (non-hydrogen) atoms. The van der Waals surface area contributed by atoms with Crippen LogP contribution in [-0.4, -0.2) is 57.0 Å². The minimum absolute atomic E-state index is 0.0793. The van der Waals surface area contributed by atoms with E-state index >= 15 is 0 Å². The summed E-state index contributed by atoms with van der Waals surface area (Å²) in [6.07, 6.45) is 0.651. The summed E-state index contributed by atoms with van der Waals surface area (Å²) in [5.41, 5.74) is 0. The van der Waals surface area contributed by atoms with Gasteiger partial charge >= 0.3 is 0 Å². The average molecular weight is 294 g/mol. The van der Waals surface area contributed by atoms with E-state index in [-0.39, 0.29) is 12.6 Å². The molecule has 7 heteroatoms. The number of hydrogen-bond acceptors (Lipinski definition) is 4. The summed E-state index contributed by atoms with van der Waals surface area (Å²) in [4.78, 5) is 23.4. The van der Waals surface area contributed by atoms with Crippen molar-refractivity contribution in [2.45, 2.75) is 58.9 Å². The van der Waals surface area contributed by atoms with Crippen LogP contribution in [-0.2, 0) is 9.36 Å². The van der Waals surface area contributed by atoms with Gasteiger partial charge in [0, 0.05) is 19.3 Å². The normalized spacial score (nSPS) is 18.2.